The monoisotopic (exact) mass is 576 g/mol. The van der Waals surface area contributed by atoms with Crippen molar-refractivity contribution in [3.05, 3.63) is 106 Å². The number of hydrogen-bond acceptors (Lipinski definition) is 8. The summed E-state index contributed by atoms with van der Waals surface area (Å²) in [5.74, 6) is 1.41. The number of sulfonamides is 1. The Bertz CT molecular complexity index is 1600. The van der Waals surface area contributed by atoms with Gasteiger partial charge in [0.1, 0.15) is 11.5 Å². The summed E-state index contributed by atoms with van der Waals surface area (Å²) in [4.78, 5) is 13.4. The van der Waals surface area contributed by atoms with Gasteiger partial charge < -0.3 is 14.8 Å². The number of ether oxygens (including phenoxy) is 2. The van der Waals surface area contributed by atoms with E-state index in [9.17, 15) is 13.2 Å². The lowest BCUT2D eigenvalue weighted by Crippen LogP contribution is -2.39. The zero-order valence-electron chi connectivity index (χ0n) is 21.9. The molecule has 1 atom stereocenters. The molecule has 0 saturated heterocycles. The van der Waals surface area contributed by atoms with Crippen molar-refractivity contribution in [1.82, 2.24) is 10.0 Å². The summed E-state index contributed by atoms with van der Waals surface area (Å²) >= 11 is 1.63. The molecule has 0 radical (unpaired) electrons. The van der Waals surface area contributed by atoms with Gasteiger partial charge in [-0.05, 0) is 71.1 Å². The number of methoxy groups -OCH3 is 2. The van der Waals surface area contributed by atoms with Crippen LogP contribution in [0, 0.1) is 0 Å². The standard InChI is InChI=1S/C29H28N4O5S2/c1-37-23-12-8-21(9-13-23)27-18-26(28-7-4-16-39-28)31-33(27)22-10-14-25(15-11-22)40(35,36)32-29(34)30-19-20-5-3-6-24(17-20)38-2/h3-17,27H,18-19H2,1-2H3,(H2,30,32,34). The Morgan fingerprint density at radius 2 is 1.73 bits per heavy atom. The van der Waals surface area contributed by atoms with Gasteiger partial charge in [-0.15, -0.1) is 11.3 Å². The quantitative estimate of drug-likeness (QED) is 0.280. The summed E-state index contributed by atoms with van der Waals surface area (Å²) in [6.45, 7) is 0.143. The van der Waals surface area contributed by atoms with E-state index >= 15 is 0 Å². The third kappa shape index (κ3) is 6.11. The van der Waals surface area contributed by atoms with E-state index in [-0.39, 0.29) is 17.5 Å². The lowest BCUT2D eigenvalue weighted by molar-refractivity contribution is 0.245. The van der Waals surface area contributed by atoms with Crippen LogP contribution in [0.4, 0.5) is 10.5 Å². The molecule has 1 aliphatic rings. The fraction of sp³-hybridized carbons (Fsp3) is 0.172. The minimum atomic E-state index is -4.09. The number of amides is 2. The maximum Gasteiger partial charge on any atom is 0.328 e. The van der Waals surface area contributed by atoms with E-state index in [4.69, 9.17) is 14.6 Å². The number of hydrazone groups is 1. The number of carbonyl (C=O) groups excluding carboxylic acids is 1. The molecule has 2 amide bonds. The first-order valence-electron chi connectivity index (χ1n) is 12.4. The number of urea groups is 1. The van der Waals surface area contributed by atoms with Crippen LogP contribution in [0.15, 0.2) is 100 Å². The minimum absolute atomic E-state index is 0.0320. The highest BCUT2D eigenvalue weighted by molar-refractivity contribution is 7.90. The maximum atomic E-state index is 12.9. The highest BCUT2D eigenvalue weighted by atomic mass is 32.2. The molecular weight excluding hydrogens is 548 g/mol. The number of benzene rings is 3. The van der Waals surface area contributed by atoms with Crippen molar-refractivity contribution in [3.63, 3.8) is 0 Å². The molecule has 206 valence electrons. The van der Waals surface area contributed by atoms with Gasteiger partial charge in [0, 0.05) is 13.0 Å². The number of nitrogens with zero attached hydrogens (tertiary/aromatic N) is 2. The molecule has 0 aliphatic carbocycles. The predicted molar refractivity (Wildman–Crippen MR) is 156 cm³/mol. The van der Waals surface area contributed by atoms with Gasteiger partial charge in [0.15, 0.2) is 0 Å². The number of anilines is 1. The van der Waals surface area contributed by atoms with Gasteiger partial charge in [0.25, 0.3) is 10.0 Å². The van der Waals surface area contributed by atoms with Crippen LogP contribution in [0.5, 0.6) is 11.5 Å². The third-order valence-electron chi connectivity index (χ3n) is 6.44. The second kappa shape index (κ2) is 11.8. The van der Waals surface area contributed by atoms with E-state index in [1.165, 1.54) is 12.1 Å². The van der Waals surface area contributed by atoms with Crippen LogP contribution in [-0.2, 0) is 16.6 Å². The topological polar surface area (TPSA) is 109 Å². The van der Waals surface area contributed by atoms with Crippen LogP contribution in [0.3, 0.4) is 0 Å². The fourth-order valence-electron chi connectivity index (χ4n) is 4.39. The van der Waals surface area contributed by atoms with Gasteiger partial charge in [-0.2, -0.15) is 5.10 Å². The van der Waals surface area contributed by atoms with Crippen LogP contribution in [0.2, 0.25) is 0 Å². The minimum Gasteiger partial charge on any atom is -0.497 e. The third-order valence-corrected chi connectivity index (χ3v) is 8.71. The molecule has 11 heteroatoms. The van der Waals surface area contributed by atoms with E-state index in [2.05, 4.69) is 10.0 Å². The first kappa shape index (κ1) is 27.2. The Balaban J connectivity index is 1.31. The largest absolute Gasteiger partial charge is 0.497 e. The van der Waals surface area contributed by atoms with Crippen molar-refractivity contribution in [2.45, 2.75) is 23.9 Å². The van der Waals surface area contributed by atoms with Gasteiger partial charge in [0.2, 0.25) is 0 Å². The average molecular weight is 577 g/mol. The molecule has 0 fully saturated rings. The van der Waals surface area contributed by atoms with Crippen molar-refractivity contribution < 1.29 is 22.7 Å². The average Bonchev–Trinajstić information content (AvgIpc) is 3.67. The molecule has 9 nitrogen and oxygen atoms in total. The van der Waals surface area contributed by atoms with Crippen molar-refractivity contribution in [1.29, 1.82) is 0 Å². The summed E-state index contributed by atoms with van der Waals surface area (Å²) in [5.41, 5.74) is 3.52. The van der Waals surface area contributed by atoms with Crippen LogP contribution in [-0.4, -0.2) is 34.4 Å². The number of nitrogens with one attached hydrogen (secondary N) is 2. The highest BCUT2D eigenvalue weighted by Crippen LogP contribution is 2.38. The molecule has 0 bridgehead atoms. The molecule has 4 aromatic rings. The Morgan fingerprint density at radius 1 is 0.975 bits per heavy atom. The summed E-state index contributed by atoms with van der Waals surface area (Å²) in [6, 6.07) is 24.5. The number of rotatable bonds is 9. The molecule has 0 spiro atoms. The van der Waals surface area contributed by atoms with E-state index in [1.54, 1.807) is 62.0 Å². The van der Waals surface area contributed by atoms with Gasteiger partial charge in [-0.3, -0.25) is 5.01 Å². The van der Waals surface area contributed by atoms with E-state index in [0.29, 0.717) is 12.2 Å². The van der Waals surface area contributed by atoms with Gasteiger partial charge in [-0.1, -0.05) is 30.3 Å². The molecule has 1 aliphatic heterocycles. The zero-order chi connectivity index (χ0) is 28.1. The molecule has 2 heterocycles. The Kier molecular flexibility index (Phi) is 8.04. The molecule has 1 unspecified atom stereocenters. The number of hydrogen-bond donors (Lipinski definition) is 2. The van der Waals surface area contributed by atoms with Crippen molar-refractivity contribution in [2.75, 3.05) is 19.2 Å². The summed E-state index contributed by atoms with van der Waals surface area (Å²) in [5, 5.41) is 11.4. The molecule has 1 aromatic heterocycles. The van der Waals surface area contributed by atoms with E-state index in [1.807, 2.05) is 46.8 Å². The molecule has 5 rings (SSSR count). The first-order chi connectivity index (χ1) is 19.4. The van der Waals surface area contributed by atoms with Crippen molar-refractivity contribution in [2.24, 2.45) is 5.10 Å². The number of carbonyl (C=O) groups is 1. The Hall–Kier alpha value is -4.35. The van der Waals surface area contributed by atoms with Crippen molar-refractivity contribution >= 4 is 38.8 Å². The smallest absolute Gasteiger partial charge is 0.328 e. The number of thiophene rings is 1. The summed E-state index contributed by atoms with van der Waals surface area (Å²) in [6.07, 6.45) is 0.696. The molecule has 40 heavy (non-hydrogen) atoms. The van der Waals surface area contributed by atoms with Crippen LogP contribution >= 0.6 is 11.3 Å². The lowest BCUT2D eigenvalue weighted by atomic mass is 10.0. The molecule has 3 aromatic carbocycles. The fourth-order valence-corrected chi connectivity index (χ4v) is 6.03. The van der Waals surface area contributed by atoms with Crippen LogP contribution in [0.1, 0.15) is 28.5 Å². The Morgan fingerprint density at radius 3 is 2.40 bits per heavy atom. The van der Waals surface area contributed by atoms with Crippen LogP contribution < -0.4 is 24.5 Å². The zero-order valence-corrected chi connectivity index (χ0v) is 23.5. The van der Waals surface area contributed by atoms with Gasteiger partial charge in [0.05, 0.1) is 41.4 Å². The maximum absolute atomic E-state index is 12.9. The van der Waals surface area contributed by atoms with Gasteiger partial charge in [-0.25, -0.2) is 17.9 Å². The molecule has 0 saturated carbocycles. The Labute approximate surface area is 237 Å². The molecule has 2 N–H and O–H groups in total. The SMILES string of the molecule is COc1ccc(C2CC(c3cccs3)=NN2c2ccc(S(=O)(=O)NC(=O)NCc3cccc(OC)c3)cc2)cc1. The lowest BCUT2D eigenvalue weighted by Gasteiger charge is -2.24. The predicted octanol–water partition coefficient (Wildman–Crippen LogP) is 5.31. The van der Waals surface area contributed by atoms with Crippen LogP contribution in [0.25, 0.3) is 0 Å². The van der Waals surface area contributed by atoms with E-state index < -0.39 is 16.1 Å². The highest BCUT2D eigenvalue weighted by Gasteiger charge is 2.30. The normalized spacial score (nSPS) is 14.9. The second-order valence-electron chi connectivity index (χ2n) is 9.00. The summed E-state index contributed by atoms with van der Waals surface area (Å²) < 4.78 is 38.3. The second-order valence-corrected chi connectivity index (χ2v) is 11.6. The van der Waals surface area contributed by atoms with E-state index in [0.717, 1.165) is 33.2 Å². The molecular formula is C29H28N4O5S2. The van der Waals surface area contributed by atoms with Crippen molar-refractivity contribution in [3.8, 4) is 11.5 Å². The first-order valence-corrected chi connectivity index (χ1v) is 14.8. The van der Waals surface area contributed by atoms with Gasteiger partial charge >= 0.3 is 6.03 Å². The summed E-state index contributed by atoms with van der Waals surface area (Å²) in [7, 11) is -0.911.